The monoisotopic (exact) mass is 293 g/mol. The Labute approximate surface area is 125 Å². The number of likely N-dealkylation sites (N-methyl/N-ethyl adjacent to an activating group) is 1. The molecule has 1 aliphatic rings. The summed E-state index contributed by atoms with van der Waals surface area (Å²) in [6.07, 6.45) is 4.86. The van der Waals surface area contributed by atoms with E-state index in [-0.39, 0.29) is 16.9 Å². The van der Waals surface area contributed by atoms with E-state index < -0.39 is 5.91 Å². The Bertz CT molecular complexity index is 510. The number of rotatable bonds is 6. The van der Waals surface area contributed by atoms with Gasteiger partial charge in [-0.05, 0) is 39.1 Å². The van der Waals surface area contributed by atoms with Crippen LogP contribution >= 0.6 is 0 Å². The van der Waals surface area contributed by atoms with Crippen molar-refractivity contribution in [1.29, 1.82) is 0 Å². The number of amides is 1. The lowest BCUT2D eigenvalue weighted by atomic mass is 9.96. The molecule has 0 saturated heterocycles. The molecule has 1 aromatic carbocycles. The van der Waals surface area contributed by atoms with Crippen LogP contribution in [-0.4, -0.2) is 37.0 Å². The fourth-order valence-electron chi connectivity index (χ4n) is 3.09. The van der Waals surface area contributed by atoms with E-state index >= 15 is 0 Å². The zero-order chi connectivity index (χ0) is 15.5. The predicted molar refractivity (Wildman–Crippen MR) is 81.5 cm³/mol. The molecule has 21 heavy (non-hydrogen) atoms. The van der Waals surface area contributed by atoms with Gasteiger partial charge in [-0.1, -0.05) is 18.9 Å². The summed E-state index contributed by atoms with van der Waals surface area (Å²) in [6, 6.07) is 4.40. The highest BCUT2D eigenvalue weighted by atomic mass is 19.1. The molecule has 1 aromatic rings. The minimum atomic E-state index is -0.606. The number of nitrogens with one attached hydrogen (secondary N) is 1. The van der Waals surface area contributed by atoms with E-state index in [1.807, 2.05) is 0 Å². The van der Waals surface area contributed by atoms with Gasteiger partial charge in [0.2, 0.25) is 5.91 Å². The maximum atomic E-state index is 13.9. The standard InChI is InChI=1S/C16H24FN3O/c1-20(2)16(7-3-4-8-16)11-19-10-13-6-5-12(15(18)21)9-14(13)17/h5-6,9,19H,3-4,7-8,10-11H2,1-2H3,(H2,18,21). The zero-order valence-electron chi connectivity index (χ0n) is 12.8. The summed E-state index contributed by atoms with van der Waals surface area (Å²) < 4.78 is 13.9. The Kier molecular flexibility index (Phi) is 4.96. The van der Waals surface area contributed by atoms with Gasteiger partial charge < -0.3 is 16.0 Å². The van der Waals surface area contributed by atoms with Crippen LogP contribution in [0.1, 0.15) is 41.6 Å². The highest BCUT2D eigenvalue weighted by Gasteiger charge is 2.35. The molecule has 0 atom stereocenters. The highest BCUT2D eigenvalue weighted by Crippen LogP contribution is 2.33. The van der Waals surface area contributed by atoms with Crippen molar-refractivity contribution in [1.82, 2.24) is 10.2 Å². The normalized spacial score (nSPS) is 17.3. The fourth-order valence-corrected chi connectivity index (χ4v) is 3.09. The van der Waals surface area contributed by atoms with Crippen LogP contribution < -0.4 is 11.1 Å². The van der Waals surface area contributed by atoms with Crippen molar-refractivity contribution >= 4 is 5.91 Å². The van der Waals surface area contributed by atoms with Crippen LogP contribution in [0.15, 0.2) is 18.2 Å². The fraction of sp³-hybridized carbons (Fsp3) is 0.562. The van der Waals surface area contributed by atoms with Crippen molar-refractivity contribution in [3.8, 4) is 0 Å². The molecular weight excluding hydrogens is 269 g/mol. The molecule has 1 amide bonds. The molecular formula is C16H24FN3O. The molecule has 0 aromatic heterocycles. The van der Waals surface area contributed by atoms with Crippen molar-refractivity contribution in [3.05, 3.63) is 35.1 Å². The molecule has 1 fully saturated rings. The van der Waals surface area contributed by atoms with Gasteiger partial charge in [0.15, 0.2) is 0 Å². The first kappa shape index (κ1) is 15.9. The van der Waals surface area contributed by atoms with E-state index in [4.69, 9.17) is 5.73 Å². The average molecular weight is 293 g/mol. The van der Waals surface area contributed by atoms with E-state index in [0.717, 1.165) is 6.54 Å². The second-order valence-corrected chi connectivity index (χ2v) is 6.10. The number of hydrogen-bond donors (Lipinski definition) is 2. The van der Waals surface area contributed by atoms with E-state index in [1.165, 1.54) is 31.7 Å². The smallest absolute Gasteiger partial charge is 0.248 e. The van der Waals surface area contributed by atoms with Crippen molar-refractivity contribution in [2.24, 2.45) is 5.73 Å². The molecule has 0 bridgehead atoms. The molecule has 116 valence electrons. The van der Waals surface area contributed by atoms with Crippen LogP contribution in [-0.2, 0) is 6.54 Å². The molecule has 0 radical (unpaired) electrons. The summed E-state index contributed by atoms with van der Waals surface area (Å²) in [5.74, 6) is -0.991. The first-order chi connectivity index (χ1) is 9.94. The minimum absolute atomic E-state index is 0.184. The number of nitrogens with zero attached hydrogens (tertiary/aromatic N) is 1. The highest BCUT2D eigenvalue weighted by molar-refractivity contribution is 5.92. The van der Waals surface area contributed by atoms with E-state index in [0.29, 0.717) is 12.1 Å². The maximum Gasteiger partial charge on any atom is 0.248 e. The summed E-state index contributed by atoms with van der Waals surface area (Å²) >= 11 is 0. The third-order valence-electron chi connectivity index (χ3n) is 4.59. The number of carbonyl (C=O) groups excluding carboxylic acids is 1. The molecule has 0 spiro atoms. The molecule has 0 aliphatic heterocycles. The van der Waals surface area contributed by atoms with Crippen LogP contribution in [0, 0.1) is 5.82 Å². The number of carbonyl (C=O) groups is 1. The molecule has 4 nitrogen and oxygen atoms in total. The maximum absolute atomic E-state index is 13.9. The lowest BCUT2D eigenvalue weighted by molar-refractivity contribution is 0.1000. The van der Waals surface area contributed by atoms with Gasteiger partial charge in [0.25, 0.3) is 0 Å². The van der Waals surface area contributed by atoms with Gasteiger partial charge in [0, 0.05) is 29.8 Å². The molecule has 2 rings (SSSR count). The van der Waals surface area contributed by atoms with Crippen LogP contribution in [0.4, 0.5) is 4.39 Å². The second-order valence-electron chi connectivity index (χ2n) is 6.10. The number of hydrogen-bond acceptors (Lipinski definition) is 3. The molecule has 3 N–H and O–H groups in total. The minimum Gasteiger partial charge on any atom is -0.366 e. The van der Waals surface area contributed by atoms with E-state index in [2.05, 4.69) is 24.3 Å². The Hall–Kier alpha value is -1.46. The number of halogens is 1. The van der Waals surface area contributed by atoms with Gasteiger partial charge in [0.05, 0.1) is 0 Å². The zero-order valence-corrected chi connectivity index (χ0v) is 12.8. The van der Waals surface area contributed by atoms with Crippen LogP contribution in [0.3, 0.4) is 0 Å². The van der Waals surface area contributed by atoms with Crippen molar-refractivity contribution in [3.63, 3.8) is 0 Å². The lowest BCUT2D eigenvalue weighted by Crippen LogP contribution is -2.49. The predicted octanol–water partition coefficient (Wildman–Crippen LogP) is 1.89. The van der Waals surface area contributed by atoms with Gasteiger partial charge in [-0.3, -0.25) is 4.79 Å². The van der Waals surface area contributed by atoms with Crippen LogP contribution in [0.2, 0.25) is 0 Å². The first-order valence-corrected chi connectivity index (χ1v) is 7.41. The Balaban J connectivity index is 1.95. The molecule has 5 heteroatoms. The molecule has 1 aliphatic carbocycles. The molecule has 0 unspecified atom stereocenters. The van der Waals surface area contributed by atoms with Crippen molar-refractivity contribution in [2.75, 3.05) is 20.6 Å². The summed E-state index contributed by atoms with van der Waals surface area (Å²) in [7, 11) is 4.21. The van der Waals surface area contributed by atoms with Gasteiger partial charge in [-0.25, -0.2) is 4.39 Å². The second kappa shape index (κ2) is 6.54. The Morgan fingerprint density at radius 2 is 2.05 bits per heavy atom. The van der Waals surface area contributed by atoms with Crippen LogP contribution in [0.25, 0.3) is 0 Å². The quantitative estimate of drug-likeness (QED) is 0.842. The van der Waals surface area contributed by atoms with Gasteiger partial charge >= 0.3 is 0 Å². The summed E-state index contributed by atoms with van der Waals surface area (Å²) in [4.78, 5) is 13.3. The number of primary amides is 1. The third-order valence-corrected chi connectivity index (χ3v) is 4.59. The van der Waals surface area contributed by atoms with Crippen molar-refractivity contribution in [2.45, 2.75) is 37.8 Å². The molecule has 1 saturated carbocycles. The van der Waals surface area contributed by atoms with Crippen molar-refractivity contribution < 1.29 is 9.18 Å². The average Bonchev–Trinajstić information content (AvgIpc) is 2.90. The molecule has 0 heterocycles. The topological polar surface area (TPSA) is 58.4 Å². The summed E-state index contributed by atoms with van der Waals surface area (Å²) in [5.41, 5.74) is 6.09. The first-order valence-electron chi connectivity index (χ1n) is 7.41. The largest absolute Gasteiger partial charge is 0.366 e. The van der Waals surface area contributed by atoms with Gasteiger partial charge in [-0.2, -0.15) is 0 Å². The summed E-state index contributed by atoms with van der Waals surface area (Å²) in [6.45, 7) is 1.30. The lowest BCUT2D eigenvalue weighted by Gasteiger charge is -2.36. The van der Waals surface area contributed by atoms with Gasteiger partial charge in [-0.15, -0.1) is 0 Å². The SMILES string of the molecule is CN(C)C1(CNCc2ccc(C(N)=O)cc2F)CCCC1. The number of benzene rings is 1. The van der Waals surface area contributed by atoms with E-state index in [9.17, 15) is 9.18 Å². The Morgan fingerprint density at radius 3 is 2.57 bits per heavy atom. The number of nitrogens with two attached hydrogens (primary N) is 1. The summed E-state index contributed by atoms with van der Waals surface area (Å²) in [5, 5.41) is 3.36. The van der Waals surface area contributed by atoms with Gasteiger partial charge in [0.1, 0.15) is 5.82 Å². The Morgan fingerprint density at radius 1 is 1.38 bits per heavy atom. The third kappa shape index (κ3) is 3.60. The van der Waals surface area contributed by atoms with Crippen LogP contribution in [0.5, 0.6) is 0 Å². The van der Waals surface area contributed by atoms with E-state index in [1.54, 1.807) is 12.1 Å².